The Labute approximate surface area is 198 Å². The zero-order valence-electron chi connectivity index (χ0n) is 19.1. The van der Waals surface area contributed by atoms with Crippen molar-refractivity contribution in [3.05, 3.63) is 54.2 Å². The summed E-state index contributed by atoms with van der Waals surface area (Å²) in [5, 5.41) is 3.10. The molecule has 1 amide bonds. The van der Waals surface area contributed by atoms with E-state index in [1.165, 1.54) is 37.5 Å². The summed E-state index contributed by atoms with van der Waals surface area (Å²) in [4.78, 5) is 22.1. The SMILES string of the molecule is O=C(NC1CN(c2ccccn2)CCC1CCN1CCCCC1)c1cccc(OC(F)(F)F)c1. The average molecular weight is 477 g/mol. The maximum atomic E-state index is 13.0. The standard InChI is InChI=1S/C25H31F3N4O2/c26-25(27,28)34-21-8-6-7-20(17-21)24(33)30-22-18-32(23-9-2-3-12-29-23)16-11-19(22)10-15-31-13-4-1-5-14-31/h2-3,6-9,12,17,19,22H,1,4-5,10-11,13-16,18H2,(H,30,33). The summed E-state index contributed by atoms with van der Waals surface area (Å²) < 4.78 is 41.8. The Balaban J connectivity index is 1.45. The Hall–Kier alpha value is -2.81. The first kappa shape index (κ1) is 24.3. The quantitative estimate of drug-likeness (QED) is 0.639. The fourth-order valence-electron chi connectivity index (χ4n) is 4.88. The molecule has 1 aromatic heterocycles. The number of anilines is 1. The summed E-state index contributed by atoms with van der Waals surface area (Å²) in [6.45, 7) is 4.69. The highest BCUT2D eigenvalue weighted by Gasteiger charge is 2.33. The van der Waals surface area contributed by atoms with Crippen LogP contribution in [0.4, 0.5) is 19.0 Å². The highest BCUT2D eigenvalue weighted by molar-refractivity contribution is 5.94. The third-order valence-electron chi connectivity index (χ3n) is 6.64. The fourth-order valence-corrected chi connectivity index (χ4v) is 4.88. The van der Waals surface area contributed by atoms with Gasteiger partial charge in [-0.2, -0.15) is 0 Å². The van der Waals surface area contributed by atoms with Crippen molar-refractivity contribution < 1.29 is 22.7 Å². The molecule has 0 radical (unpaired) electrons. The number of hydrogen-bond acceptors (Lipinski definition) is 5. The van der Waals surface area contributed by atoms with Gasteiger partial charge >= 0.3 is 6.36 Å². The van der Waals surface area contributed by atoms with Gasteiger partial charge in [0.1, 0.15) is 11.6 Å². The van der Waals surface area contributed by atoms with Gasteiger partial charge in [-0.15, -0.1) is 13.2 Å². The third kappa shape index (κ3) is 6.85. The number of nitrogens with one attached hydrogen (secondary N) is 1. The zero-order valence-corrected chi connectivity index (χ0v) is 19.1. The van der Waals surface area contributed by atoms with Gasteiger partial charge in [0.05, 0.1) is 0 Å². The van der Waals surface area contributed by atoms with Gasteiger partial charge in [0, 0.05) is 30.9 Å². The molecule has 6 nitrogen and oxygen atoms in total. The number of amides is 1. The summed E-state index contributed by atoms with van der Waals surface area (Å²) in [5.41, 5.74) is 0.145. The van der Waals surface area contributed by atoms with E-state index in [1.54, 1.807) is 6.20 Å². The van der Waals surface area contributed by atoms with Gasteiger partial charge in [-0.3, -0.25) is 4.79 Å². The largest absolute Gasteiger partial charge is 0.573 e. The molecule has 0 saturated carbocycles. The van der Waals surface area contributed by atoms with Crippen LogP contribution >= 0.6 is 0 Å². The lowest BCUT2D eigenvalue weighted by molar-refractivity contribution is -0.274. The number of piperidine rings is 2. The van der Waals surface area contributed by atoms with Crippen LogP contribution in [0.2, 0.25) is 0 Å². The van der Waals surface area contributed by atoms with E-state index >= 15 is 0 Å². The van der Waals surface area contributed by atoms with Crippen molar-refractivity contribution in [2.24, 2.45) is 5.92 Å². The molecule has 3 heterocycles. The highest BCUT2D eigenvalue weighted by atomic mass is 19.4. The first-order valence-electron chi connectivity index (χ1n) is 11.9. The maximum absolute atomic E-state index is 13.0. The van der Waals surface area contributed by atoms with Crippen molar-refractivity contribution in [3.63, 3.8) is 0 Å². The molecule has 2 saturated heterocycles. The Morgan fingerprint density at radius 1 is 1.09 bits per heavy atom. The second-order valence-electron chi connectivity index (χ2n) is 9.03. The van der Waals surface area contributed by atoms with Crippen LogP contribution in [0.1, 0.15) is 42.5 Å². The highest BCUT2D eigenvalue weighted by Crippen LogP contribution is 2.27. The van der Waals surface area contributed by atoms with Crippen molar-refractivity contribution >= 4 is 11.7 Å². The zero-order chi connectivity index (χ0) is 24.0. The molecule has 0 aliphatic carbocycles. The number of benzene rings is 1. The molecule has 4 rings (SSSR count). The van der Waals surface area contributed by atoms with E-state index in [4.69, 9.17) is 0 Å². The van der Waals surface area contributed by atoms with E-state index in [0.29, 0.717) is 6.54 Å². The number of hydrogen-bond donors (Lipinski definition) is 1. The molecule has 1 aromatic carbocycles. The maximum Gasteiger partial charge on any atom is 0.573 e. The number of halogens is 3. The number of carbonyl (C=O) groups is 1. The van der Waals surface area contributed by atoms with Crippen molar-refractivity contribution in [1.29, 1.82) is 0 Å². The topological polar surface area (TPSA) is 57.7 Å². The minimum absolute atomic E-state index is 0.139. The van der Waals surface area contributed by atoms with Gasteiger partial charge in [0.2, 0.25) is 0 Å². The van der Waals surface area contributed by atoms with Gasteiger partial charge < -0.3 is 19.9 Å². The number of nitrogens with zero attached hydrogens (tertiary/aromatic N) is 3. The van der Waals surface area contributed by atoms with Crippen LogP contribution in [0, 0.1) is 5.92 Å². The molecule has 2 aliphatic rings. The molecule has 2 aliphatic heterocycles. The Morgan fingerprint density at radius 3 is 2.65 bits per heavy atom. The lowest BCUT2D eigenvalue weighted by atomic mass is 9.88. The smallest absolute Gasteiger partial charge is 0.406 e. The van der Waals surface area contributed by atoms with Crippen molar-refractivity contribution in [2.45, 2.75) is 44.5 Å². The Bertz CT molecular complexity index is 935. The second kappa shape index (κ2) is 11.1. The third-order valence-corrected chi connectivity index (χ3v) is 6.64. The molecule has 34 heavy (non-hydrogen) atoms. The number of alkyl halides is 3. The number of aromatic nitrogens is 1. The number of ether oxygens (including phenoxy) is 1. The molecular formula is C25H31F3N4O2. The summed E-state index contributed by atoms with van der Waals surface area (Å²) in [7, 11) is 0. The summed E-state index contributed by atoms with van der Waals surface area (Å²) >= 11 is 0. The van der Waals surface area contributed by atoms with E-state index < -0.39 is 18.0 Å². The molecule has 184 valence electrons. The monoisotopic (exact) mass is 476 g/mol. The van der Waals surface area contributed by atoms with Crippen LogP contribution in [0.25, 0.3) is 0 Å². The van der Waals surface area contributed by atoms with Crippen LogP contribution in [0.5, 0.6) is 5.75 Å². The van der Waals surface area contributed by atoms with Crippen molar-refractivity contribution in [3.8, 4) is 5.75 Å². The van der Waals surface area contributed by atoms with Crippen LogP contribution in [0.3, 0.4) is 0 Å². The number of pyridine rings is 1. The minimum atomic E-state index is -4.80. The molecule has 0 bridgehead atoms. The van der Waals surface area contributed by atoms with Gasteiger partial charge in [0.15, 0.2) is 0 Å². The van der Waals surface area contributed by atoms with Gasteiger partial charge in [-0.1, -0.05) is 18.6 Å². The predicted molar refractivity (Wildman–Crippen MR) is 124 cm³/mol. The van der Waals surface area contributed by atoms with Crippen molar-refractivity contribution in [2.75, 3.05) is 37.6 Å². The van der Waals surface area contributed by atoms with E-state index in [9.17, 15) is 18.0 Å². The average Bonchev–Trinajstić information content (AvgIpc) is 2.83. The molecule has 9 heteroatoms. The molecule has 2 atom stereocenters. The van der Waals surface area contributed by atoms with E-state index in [2.05, 4.69) is 24.8 Å². The summed E-state index contributed by atoms with van der Waals surface area (Å²) in [6.07, 6.45) is 2.57. The number of carbonyl (C=O) groups excluding carboxylic acids is 1. The lowest BCUT2D eigenvalue weighted by Crippen LogP contribution is -2.53. The normalized spacial score (nSPS) is 21.8. The van der Waals surface area contributed by atoms with Gasteiger partial charge in [-0.05, 0) is 81.6 Å². The second-order valence-corrected chi connectivity index (χ2v) is 9.03. The van der Waals surface area contributed by atoms with Crippen LogP contribution < -0.4 is 15.0 Å². The molecule has 2 fully saturated rings. The first-order chi connectivity index (χ1) is 16.4. The lowest BCUT2D eigenvalue weighted by Gasteiger charge is -2.40. The molecular weight excluding hydrogens is 445 g/mol. The van der Waals surface area contributed by atoms with E-state index in [-0.39, 0.29) is 17.5 Å². The molecule has 0 spiro atoms. The Kier molecular flexibility index (Phi) is 7.92. The Morgan fingerprint density at radius 2 is 1.91 bits per heavy atom. The van der Waals surface area contributed by atoms with Crippen LogP contribution in [0.15, 0.2) is 48.7 Å². The summed E-state index contributed by atoms with van der Waals surface area (Å²) in [5.74, 6) is 0.335. The summed E-state index contributed by atoms with van der Waals surface area (Å²) in [6, 6.07) is 10.8. The van der Waals surface area contributed by atoms with E-state index in [0.717, 1.165) is 50.9 Å². The van der Waals surface area contributed by atoms with Crippen LogP contribution in [-0.2, 0) is 0 Å². The van der Waals surface area contributed by atoms with E-state index in [1.807, 2.05) is 18.2 Å². The molecule has 2 aromatic rings. The predicted octanol–water partition coefficient (Wildman–Crippen LogP) is 4.48. The number of rotatable bonds is 7. The van der Waals surface area contributed by atoms with Gasteiger partial charge in [-0.25, -0.2) is 4.98 Å². The minimum Gasteiger partial charge on any atom is -0.406 e. The molecule has 1 N–H and O–H groups in total. The van der Waals surface area contributed by atoms with Crippen molar-refractivity contribution in [1.82, 2.24) is 15.2 Å². The number of likely N-dealkylation sites (tertiary alicyclic amines) is 1. The fraction of sp³-hybridized carbons (Fsp3) is 0.520. The van der Waals surface area contributed by atoms with Crippen LogP contribution in [-0.4, -0.2) is 60.9 Å². The first-order valence-corrected chi connectivity index (χ1v) is 11.9. The van der Waals surface area contributed by atoms with Gasteiger partial charge in [0.25, 0.3) is 5.91 Å². The molecule has 2 unspecified atom stereocenters.